The second kappa shape index (κ2) is 2.02. The summed E-state index contributed by atoms with van der Waals surface area (Å²) in [5.74, 6) is 0.758. The van der Waals surface area contributed by atoms with Crippen molar-refractivity contribution in [1.29, 1.82) is 0 Å². The van der Waals surface area contributed by atoms with E-state index in [-0.39, 0.29) is 0 Å². The third-order valence-corrected chi connectivity index (χ3v) is 2.90. The van der Waals surface area contributed by atoms with E-state index >= 15 is 0 Å². The van der Waals surface area contributed by atoms with Gasteiger partial charge in [0.25, 0.3) is 0 Å². The summed E-state index contributed by atoms with van der Waals surface area (Å²) >= 11 is 5.91. The van der Waals surface area contributed by atoms with E-state index in [4.69, 9.17) is 11.6 Å². The number of halogens is 1. The van der Waals surface area contributed by atoms with Crippen LogP contribution in [0.2, 0.25) is 0 Å². The molecule has 0 spiro atoms. The van der Waals surface area contributed by atoms with E-state index in [0.717, 1.165) is 5.92 Å². The van der Waals surface area contributed by atoms with Crippen LogP contribution in [0.1, 0.15) is 32.1 Å². The molecule has 0 saturated heterocycles. The lowest BCUT2D eigenvalue weighted by molar-refractivity contribution is 0.666. The minimum Gasteiger partial charge on any atom is -0.0885 e. The topological polar surface area (TPSA) is 0 Å². The first-order chi connectivity index (χ1) is 4.39. The fourth-order valence-corrected chi connectivity index (χ4v) is 2.13. The van der Waals surface area contributed by atoms with Crippen molar-refractivity contribution in [3.8, 4) is 0 Å². The summed E-state index contributed by atoms with van der Waals surface area (Å²) in [6, 6.07) is 0. The van der Waals surface area contributed by atoms with Crippen LogP contribution in [-0.4, -0.2) is 0 Å². The van der Waals surface area contributed by atoms with Crippen LogP contribution < -0.4 is 0 Å². The maximum absolute atomic E-state index is 5.91. The smallest absolute Gasteiger partial charge is 0.0251 e. The lowest BCUT2D eigenvalue weighted by Crippen LogP contribution is -1.77. The standard InChI is InChI=1S/C8H11Cl/c9-8-6-4-2-1-3-5-7(6)8/h6H,1-5H2/t6-/m0/s1. The van der Waals surface area contributed by atoms with Crippen LogP contribution in [0.25, 0.3) is 0 Å². The number of allylic oxidation sites excluding steroid dienone is 2. The van der Waals surface area contributed by atoms with Crippen molar-refractivity contribution in [2.24, 2.45) is 5.92 Å². The third kappa shape index (κ3) is 0.898. The zero-order chi connectivity index (χ0) is 6.27. The summed E-state index contributed by atoms with van der Waals surface area (Å²) in [7, 11) is 0. The molecule has 0 nitrogen and oxygen atoms in total. The molecule has 0 aromatic rings. The first-order valence-electron chi connectivity index (χ1n) is 3.78. The summed E-state index contributed by atoms with van der Waals surface area (Å²) in [5, 5.41) is 1.20. The molecule has 0 bridgehead atoms. The molecule has 0 heterocycles. The van der Waals surface area contributed by atoms with Gasteiger partial charge in [-0.25, -0.2) is 0 Å². The van der Waals surface area contributed by atoms with Gasteiger partial charge >= 0.3 is 0 Å². The van der Waals surface area contributed by atoms with Crippen molar-refractivity contribution in [2.45, 2.75) is 32.1 Å². The minimum absolute atomic E-state index is 0.758. The highest BCUT2D eigenvalue weighted by molar-refractivity contribution is 6.33. The van der Waals surface area contributed by atoms with Crippen LogP contribution >= 0.6 is 11.6 Å². The van der Waals surface area contributed by atoms with Gasteiger partial charge in [-0.05, 0) is 24.8 Å². The molecule has 2 aliphatic rings. The van der Waals surface area contributed by atoms with Gasteiger partial charge in [-0.15, -0.1) is 0 Å². The molecule has 9 heavy (non-hydrogen) atoms. The molecule has 2 aliphatic carbocycles. The van der Waals surface area contributed by atoms with Gasteiger partial charge in [0.15, 0.2) is 0 Å². The average molecular weight is 143 g/mol. The number of rotatable bonds is 0. The molecule has 0 amide bonds. The molecule has 0 aromatic heterocycles. The van der Waals surface area contributed by atoms with Crippen molar-refractivity contribution in [3.05, 3.63) is 10.6 Å². The Bertz CT molecular complexity index is 158. The fraction of sp³-hybridized carbons (Fsp3) is 0.750. The fourth-order valence-electron chi connectivity index (χ4n) is 1.72. The van der Waals surface area contributed by atoms with E-state index in [1.165, 1.54) is 37.1 Å². The minimum atomic E-state index is 0.758. The second-order valence-electron chi connectivity index (χ2n) is 3.03. The van der Waals surface area contributed by atoms with Crippen LogP contribution in [0.5, 0.6) is 0 Å². The summed E-state index contributed by atoms with van der Waals surface area (Å²) in [6.45, 7) is 0. The number of hydrogen-bond acceptors (Lipinski definition) is 0. The van der Waals surface area contributed by atoms with Gasteiger partial charge < -0.3 is 0 Å². The van der Waals surface area contributed by atoms with Gasteiger partial charge in [-0.1, -0.05) is 24.4 Å². The molecular formula is C8H11Cl. The Hall–Kier alpha value is 0.0300. The average Bonchev–Trinajstić information content (AvgIpc) is 2.51. The van der Waals surface area contributed by atoms with Crippen molar-refractivity contribution >= 4 is 11.6 Å². The normalized spacial score (nSPS) is 33.7. The quantitative estimate of drug-likeness (QED) is 0.488. The number of fused-ring (bicyclic) bond motifs is 1. The first-order valence-corrected chi connectivity index (χ1v) is 4.16. The zero-order valence-electron chi connectivity index (χ0n) is 5.49. The highest BCUT2D eigenvalue weighted by Crippen LogP contribution is 2.50. The van der Waals surface area contributed by atoms with Gasteiger partial charge in [0.05, 0.1) is 0 Å². The summed E-state index contributed by atoms with van der Waals surface area (Å²) < 4.78 is 0. The van der Waals surface area contributed by atoms with Crippen LogP contribution in [-0.2, 0) is 0 Å². The molecule has 1 fully saturated rings. The van der Waals surface area contributed by atoms with E-state index in [2.05, 4.69) is 0 Å². The van der Waals surface area contributed by atoms with Crippen molar-refractivity contribution in [1.82, 2.24) is 0 Å². The van der Waals surface area contributed by atoms with Crippen LogP contribution in [0.3, 0.4) is 0 Å². The molecule has 2 rings (SSSR count). The summed E-state index contributed by atoms with van der Waals surface area (Å²) in [5.41, 5.74) is 1.58. The molecule has 0 N–H and O–H groups in total. The van der Waals surface area contributed by atoms with Gasteiger partial charge in [-0.3, -0.25) is 0 Å². The Labute approximate surface area is 60.9 Å². The SMILES string of the molecule is ClC1=C2CCCCC[C@H]12. The third-order valence-electron chi connectivity index (χ3n) is 2.39. The first kappa shape index (κ1) is 5.79. The van der Waals surface area contributed by atoms with E-state index in [9.17, 15) is 0 Å². The molecule has 0 aromatic carbocycles. The van der Waals surface area contributed by atoms with E-state index in [1.54, 1.807) is 5.57 Å². The maximum atomic E-state index is 5.91. The predicted molar refractivity (Wildman–Crippen MR) is 39.5 cm³/mol. The number of hydrogen-bond donors (Lipinski definition) is 0. The molecule has 50 valence electrons. The molecule has 0 radical (unpaired) electrons. The van der Waals surface area contributed by atoms with E-state index in [0.29, 0.717) is 0 Å². The van der Waals surface area contributed by atoms with Gasteiger partial charge in [0, 0.05) is 11.0 Å². The van der Waals surface area contributed by atoms with E-state index < -0.39 is 0 Å². The monoisotopic (exact) mass is 142 g/mol. The molecule has 0 aliphatic heterocycles. The maximum Gasteiger partial charge on any atom is 0.0251 e. The zero-order valence-corrected chi connectivity index (χ0v) is 6.25. The summed E-state index contributed by atoms with van der Waals surface area (Å²) in [6.07, 6.45) is 6.83. The predicted octanol–water partition coefficient (Wildman–Crippen LogP) is 3.07. The second-order valence-corrected chi connectivity index (χ2v) is 3.43. The molecular weight excluding hydrogens is 132 g/mol. The lowest BCUT2D eigenvalue weighted by atomic mass is 10.2. The molecule has 0 unspecified atom stereocenters. The highest BCUT2D eigenvalue weighted by Gasteiger charge is 2.34. The van der Waals surface area contributed by atoms with Gasteiger partial charge in [0.2, 0.25) is 0 Å². The van der Waals surface area contributed by atoms with Gasteiger partial charge in [0.1, 0.15) is 0 Å². The van der Waals surface area contributed by atoms with Gasteiger partial charge in [-0.2, -0.15) is 0 Å². The van der Waals surface area contributed by atoms with E-state index in [1.807, 2.05) is 0 Å². The highest BCUT2D eigenvalue weighted by atomic mass is 35.5. The van der Waals surface area contributed by atoms with Crippen LogP contribution in [0, 0.1) is 5.92 Å². The van der Waals surface area contributed by atoms with Crippen LogP contribution in [0.15, 0.2) is 10.6 Å². The Kier molecular flexibility index (Phi) is 1.30. The molecule has 1 atom stereocenters. The Morgan fingerprint density at radius 2 is 2.11 bits per heavy atom. The van der Waals surface area contributed by atoms with Crippen molar-refractivity contribution in [3.63, 3.8) is 0 Å². The summed E-state index contributed by atoms with van der Waals surface area (Å²) in [4.78, 5) is 0. The van der Waals surface area contributed by atoms with Crippen molar-refractivity contribution < 1.29 is 0 Å². The van der Waals surface area contributed by atoms with Crippen molar-refractivity contribution in [2.75, 3.05) is 0 Å². The Morgan fingerprint density at radius 3 is 3.00 bits per heavy atom. The molecule has 1 heteroatoms. The van der Waals surface area contributed by atoms with Crippen LogP contribution in [0.4, 0.5) is 0 Å². The lowest BCUT2D eigenvalue weighted by Gasteiger charge is -1.91. The molecule has 1 saturated carbocycles. The Morgan fingerprint density at radius 1 is 1.22 bits per heavy atom. The Balaban J connectivity index is 2.03. The largest absolute Gasteiger partial charge is 0.0885 e.